The van der Waals surface area contributed by atoms with Crippen molar-refractivity contribution in [1.82, 2.24) is 0 Å². The lowest BCUT2D eigenvalue weighted by molar-refractivity contribution is 0.866. The summed E-state index contributed by atoms with van der Waals surface area (Å²) in [7, 11) is -1.22. The van der Waals surface area contributed by atoms with Gasteiger partial charge in [-0.05, 0) is 18.9 Å². The molecule has 0 spiro atoms. The fourth-order valence-electron chi connectivity index (χ4n) is 0.797. The summed E-state index contributed by atoms with van der Waals surface area (Å²) in [5.74, 6) is 0. The van der Waals surface area contributed by atoms with E-state index in [2.05, 4.69) is 19.9 Å². The molecule has 2 heteroatoms. The predicted molar refractivity (Wildman–Crippen MR) is 43.1 cm³/mol. The largest absolute Gasteiger partial charge is 0.322 e. The summed E-state index contributed by atoms with van der Waals surface area (Å²) in [6, 6.07) is 0.733. The van der Waals surface area contributed by atoms with Gasteiger partial charge < -0.3 is 4.11 Å². The molecule has 0 aliphatic heterocycles. The highest BCUT2D eigenvalue weighted by Gasteiger charge is 1.87. The van der Waals surface area contributed by atoms with Gasteiger partial charge in [0, 0.05) is 0 Å². The van der Waals surface area contributed by atoms with E-state index in [0.717, 1.165) is 18.9 Å². The van der Waals surface area contributed by atoms with Crippen LogP contribution in [0.5, 0.6) is 0 Å². The fourth-order valence-corrected chi connectivity index (χ4v) is 1.31. The first-order valence-corrected chi connectivity index (χ1v) is 5.12. The van der Waals surface area contributed by atoms with Gasteiger partial charge in [-0.1, -0.05) is 25.5 Å². The Morgan fingerprint density at radius 1 is 1.44 bits per heavy atom. The van der Waals surface area contributed by atoms with Crippen LogP contribution >= 0.6 is 0 Å². The van der Waals surface area contributed by atoms with Crippen molar-refractivity contribution >= 4 is 9.85 Å². The van der Waals surface area contributed by atoms with Crippen molar-refractivity contribution in [2.45, 2.75) is 32.7 Å². The van der Waals surface area contributed by atoms with Crippen molar-refractivity contribution in [1.29, 1.82) is 0 Å². The van der Waals surface area contributed by atoms with Gasteiger partial charge in [0.15, 0.2) is 0 Å². The Balaban J connectivity index is 3.48. The third-order valence-corrected chi connectivity index (χ3v) is 1.96. The van der Waals surface area contributed by atoms with E-state index in [1.807, 2.05) is 0 Å². The van der Waals surface area contributed by atoms with Crippen LogP contribution in [0.3, 0.4) is 0 Å². The summed E-state index contributed by atoms with van der Waals surface area (Å²) in [6.07, 6.45) is 4.24. The Morgan fingerprint density at radius 3 is 2.33 bits per heavy atom. The lowest BCUT2D eigenvalue weighted by Gasteiger charge is -1.96. The SMILES string of the molecule is CCC(=CC[SiH2]F)CC. The molecule has 0 unspecified atom stereocenters. The molecule has 54 valence electrons. The highest BCUT2D eigenvalue weighted by Crippen LogP contribution is 2.05. The van der Waals surface area contributed by atoms with Crippen LogP contribution in [0.25, 0.3) is 0 Å². The van der Waals surface area contributed by atoms with Crippen molar-refractivity contribution in [2.75, 3.05) is 0 Å². The van der Waals surface area contributed by atoms with Gasteiger partial charge in [-0.15, -0.1) is 0 Å². The number of halogens is 1. The highest BCUT2D eigenvalue weighted by atomic mass is 28.3. The monoisotopic (exact) mass is 146 g/mol. The molecule has 0 rings (SSSR count). The second kappa shape index (κ2) is 6.01. The third-order valence-electron chi connectivity index (χ3n) is 1.45. The zero-order valence-electron chi connectivity index (χ0n) is 6.28. The minimum atomic E-state index is -1.22. The maximum atomic E-state index is 11.7. The summed E-state index contributed by atoms with van der Waals surface area (Å²) in [5.41, 5.74) is 1.40. The quantitative estimate of drug-likeness (QED) is 0.324. The minimum Gasteiger partial charge on any atom is -0.322 e. The first-order chi connectivity index (χ1) is 4.35. The van der Waals surface area contributed by atoms with E-state index in [1.54, 1.807) is 0 Å². The summed E-state index contributed by atoms with van der Waals surface area (Å²) in [6.45, 7) is 4.24. The van der Waals surface area contributed by atoms with Gasteiger partial charge in [0.05, 0.1) is 0 Å². The molecule has 0 aliphatic rings. The lowest BCUT2D eigenvalue weighted by atomic mass is 10.1. The second-order valence-corrected chi connectivity index (χ2v) is 3.00. The molecule has 0 radical (unpaired) electrons. The summed E-state index contributed by atoms with van der Waals surface area (Å²) >= 11 is 0. The smallest absolute Gasteiger partial charge is 0.220 e. The predicted octanol–water partition coefficient (Wildman–Crippen LogP) is 2.20. The molecule has 0 fully saturated rings. The van der Waals surface area contributed by atoms with E-state index in [9.17, 15) is 4.11 Å². The Morgan fingerprint density at radius 2 is 2.00 bits per heavy atom. The van der Waals surface area contributed by atoms with Gasteiger partial charge in [-0.2, -0.15) is 0 Å². The lowest BCUT2D eigenvalue weighted by Crippen LogP contribution is -1.79. The standard InChI is InChI=1S/C7H15FSi/c1-3-7(4-2)5-6-9-8/h5H,3-4,6,9H2,1-2H3. The molecular weight excluding hydrogens is 131 g/mol. The molecule has 0 saturated carbocycles. The maximum absolute atomic E-state index is 11.7. The summed E-state index contributed by atoms with van der Waals surface area (Å²) in [5, 5.41) is 0. The average Bonchev–Trinajstić information content (AvgIpc) is 1.91. The Kier molecular flexibility index (Phi) is 5.94. The molecule has 0 nitrogen and oxygen atoms in total. The average molecular weight is 146 g/mol. The van der Waals surface area contributed by atoms with Crippen molar-refractivity contribution in [3.8, 4) is 0 Å². The molecule has 0 aromatic heterocycles. The zero-order valence-corrected chi connectivity index (χ0v) is 7.70. The number of rotatable bonds is 4. The van der Waals surface area contributed by atoms with E-state index >= 15 is 0 Å². The van der Waals surface area contributed by atoms with E-state index < -0.39 is 9.85 Å². The van der Waals surface area contributed by atoms with Crippen molar-refractivity contribution < 1.29 is 4.11 Å². The molecular formula is C7H15FSi. The van der Waals surface area contributed by atoms with Crippen LogP contribution in [-0.4, -0.2) is 9.85 Å². The Hall–Kier alpha value is -0.113. The number of hydrogen-bond acceptors (Lipinski definition) is 0. The topological polar surface area (TPSA) is 0 Å². The molecule has 0 amide bonds. The van der Waals surface area contributed by atoms with Crippen LogP contribution in [0.4, 0.5) is 4.11 Å². The maximum Gasteiger partial charge on any atom is 0.220 e. The van der Waals surface area contributed by atoms with Crippen LogP contribution < -0.4 is 0 Å². The highest BCUT2D eigenvalue weighted by molar-refractivity contribution is 6.26. The molecule has 0 bridgehead atoms. The van der Waals surface area contributed by atoms with Crippen LogP contribution in [0.1, 0.15) is 26.7 Å². The van der Waals surface area contributed by atoms with Crippen molar-refractivity contribution in [3.05, 3.63) is 11.6 Å². The molecule has 0 atom stereocenters. The Bertz CT molecular complexity index is 82.9. The van der Waals surface area contributed by atoms with Gasteiger partial charge in [-0.25, -0.2) is 0 Å². The number of allylic oxidation sites excluding steroid dienone is 2. The molecule has 0 saturated heterocycles. The van der Waals surface area contributed by atoms with E-state index in [1.165, 1.54) is 5.57 Å². The zero-order chi connectivity index (χ0) is 7.11. The van der Waals surface area contributed by atoms with Gasteiger partial charge in [0.2, 0.25) is 9.85 Å². The van der Waals surface area contributed by atoms with E-state index in [4.69, 9.17) is 0 Å². The first-order valence-electron chi connectivity index (χ1n) is 3.59. The minimum absolute atomic E-state index is 0.733. The normalized spacial score (nSPS) is 10.6. The van der Waals surface area contributed by atoms with Gasteiger partial charge >= 0.3 is 0 Å². The molecule has 0 heterocycles. The van der Waals surface area contributed by atoms with Crippen molar-refractivity contribution in [3.63, 3.8) is 0 Å². The van der Waals surface area contributed by atoms with Crippen LogP contribution in [0.15, 0.2) is 11.6 Å². The van der Waals surface area contributed by atoms with Gasteiger partial charge in [-0.3, -0.25) is 0 Å². The van der Waals surface area contributed by atoms with Gasteiger partial charge in [0.25, 0.3) is 0 Å². The molecule has 0 aromatic rings. The number of hydrogen-bond donors (Lipinski definition) is 0. The van der Waals surface area contributed by atoms with E-state index in [0.29, 0.717) is 0 Å². The Labute approximate surface area is 59.2 Å². The third kappa shape index (κ3) is 4.39. The summed E-state index contributed by atoms with van der Waals surface area (Å²) in [4.78, 5) is 0. The van der Waals surface area contributed by atoms with Gasteiger partial charge in [0.1, 0.15) is 0 Å². The van der Waals surface area contributed by atoms with Crippen LogP contribution in [0.2, 0.25) is 6.04 Å². The second-order valence-electron chi connectivity index (χ2n) is 2.05. The molecule has 0 aromatic carbocycles. The van der Waals surface area contributed by atoms with Crippen LogP contribution in [0, 0.1) is 0 Å². The molecule has 9 heavy (non-hydrogen) atoms. The molecule has 0 N–H and O–H groups in total. The van der Waals surface area contributed by atoms with Crippen molar-refractivity contribution in [2.24, 2.45) is 0 Å². The van der Waals surface area contributed by atoms with E-state index in [-0.39, 0.29) is 0 Å². The fraction of sp³-hybridized carbons (Fsp3) is 0.714. The first kappa shape index (κ1) is 8.89. The summed E-state index contributed by atoms with van der Waals surface area (Å²) < 4.78 is 11.7. The molecule has 0 aliphatic carbocycles. The van der Waals surface area contributed by atoms with Crippen LogP contribution in [-0.2, 0) is 0 Å².